The van der Waals surface area contributed by atoms with Crippen LogP contribution in [0.4, 0.5) is 11.5 Å². The molecule has 6 nitrogen and oxygen atoms in total. The lowest BCUT2D eigenvalue weighted by Crippen LogP contribution is -2.47. The fourth-order valence-electron chi connectivity index (χ4n) is 3.16. The molecule has 1 aliphatic heterocycles. The van der Waals surface area contributed by atoms with E-state index < -0.39 is 0 Å². The first-order valence-electron chi connectivity index (χ1n) is 7.82. The Morgan fingerprint density at radius 1 is 1.04 bits per heavy atom. The summed E-state index contributed by atoms with van der Waals surface area (Å²) in [6, 6.07) is 12.5. The summed E-state index contributed by atoms with van der Waals surface area (Å²) in [5.41, 5.74) is 2.05. The van der Waals surface area contributed by atoms with Crippen molar-refractivity contribution in [3.8, 4) is 0 Å². The fourth-order valence-corrected chi connectivity index (χ4v) is 3.16. The molecule has 118 valence electrons. The highest BCUT2D eigenvalue weighted by Crippen LogP contribution is 2.20. The third-order valence-corrected chi connectivity index (χ3v) is 4.49. The van der Waals surface area contributed by atoms with Crippen LogP contribution in [-0.2, 0) is 7.05 Å². The van der Waals surface area contributed by atoms with Gasteiger partial charge in [0, 0.05) is 45.0 Å². The molecule has 0 radical (unpaired) electrons. The average molecular weight is 309 g/mol. The summed E-state index contributed by atoms with van der Waals surface area (Å²) in [6.07, 6.45) is 1.62. The van der Waals surface area contributed by atoms with E-state index >= 15 is 0 Å². The number of nitrogens with one attached hydrogen (secondary N) is 1. The van der Waals surface area contributed by atoms with Crippen LogP contribution in [0.1, 0.15) is 0 Å². The van der Waals surface area contributed by atoms with Crippen LogP contribution >= 0.6 is 0 Å². The molecule has 1 aliphatic rings. The second kappa shape index (κ2) is 5.46. The van der Waals surface area contributed by atoms with Gasteiger partial charge >= 0.3 is 0 Å². The van der Waals surface area contributed by atoms with Gasteiger partial charge in [-0.3, -0.25) is 9.48 Å². The van der Waals surface area contributed by atoms with Crippen molar-refractivity contribution in [3.05, 3.63) is 52.9 Å². The van der Waals surface area contributed by atoms with Crippen LogP contribution < -0.4 is 15.4 Å². The van der Waals surface area contributed by atoms with Gasteiger partial charge < -0.3 is 14.8 Å². The number of benzene rings is 1. The van der Waals surface area contributed by atoms with Crippen LogP contribution in [0, 0.1) is 0 Å². The molecule has 0 atom stereocenters. The summed E-state index contributed by atoms with van der Waals surface area (Å²) in [4.78, 5) is 19.8. The van der Waals surface area contributed by atoms with Crippen molar-refractivity contribution in [3.63, 3.8) is 0 Å². The van der Waals surface area contributed by atoms with Crippen molar-refractivity contribution in [2.75, 3.05) is 36.0 Å². The summed E-state index contributed by atoms with van der Waals surface area (Å²) in [7, 11) is 1.86. The Hall–Kier alpha value is -2.76. The van der Waals surface area contributed by atoms with Crippen molar-refractivity contribution in [2.24, 2.45) is 7.05 Å². The monoisotopic (exact) mass is 309 g/mol. The summed E-state index contributed by atoms with van der Waals surface area (Å²) in [5, 5.41) is 4.80. The van der Waals surface area contributed by atoms with E-state index in [4.69, 9.17) is 0 Å². The van der Waals surface area contributed by atoms with Gasteiger partial charge in [0.25, 0.3) is 5.56 Å². The predicted molar refractivity (Wildman–Crippen MR) is 92.2 cm³/mol. The molecule has 3 heterocycles. The van der Waals surface area contributed by atoms with Crippen molar-refractivity contribution in [1.29, 1.82) is 0 Å². The maximum Gasteiger partial charge on any atom is 0.260 e. The minimum absolute atomic E-state index is 0.0731. The molecule has 1 N–H and O–H groups in total. The molecule has 6 heteroatoms. The Morgan fingerprint density at radius 2 is 1.74 bits per heavy atom. The molecule has 3 aromatic rings. The number of aromatic amines is 1. The van der Waals surface area contributed by atoms with Crippen LogP contribution in [0.2, 0.25) is 0 Å². The van der Waals surface area contributed by atoms with E-state index in [2.05, 4.69) is 44.1 Å². The Kier molecular flexibility index (Phi) is 3.29. The van der Waals surface area contributed by atoms with Crippen molar-refractivity contribution in [2.45, 2.75) is 0 Å². The Morgan fingerprint density at radius 3 is 2.48 bits per heavy atom. The molecule has 0 bridgehead atoms. The van der Waals surface area contributed by atoms with Crippen LogP contribution in [-0.4, -0.2) is 40.9 Å². The zero-order valence-electron chi connectivity index (χ0n) is 13.1. The van der Waals surface area contributed by atoms with Gasteiger partial charge in [-0.05, 0) is 12.1 Å². The summed E-state index contributed by atoms with van der Waals surface area (Å²) in [5.74, 6) is 0.874. The molecule has 0 unspecified atom stereocenters. The zero-order chi connectivity index (χ0) is 15.8. The third-order valence-electron chi connectivity index (χ3n) is 4.49. The van der Waals surface area contributed by atoms with Gasteiger partial charge in [0.1, 0.15) is 5.82 Å². The first-order valence-corrected chi connectivity index (χ1v) is 7.82. The van der Waals surface area contributed by atoms with Gasteiger partial charge in [0.2, 0.25) is 0 Å². The van der Waals surface area contributed by atoms with E-state index in [1.807, 2.05) is 19.2 Å². The van der Waals surface area contributed by atoms with Crippen molar-refractivity contribution in [1.82, 2.24) is 14.8 Å². The molecule has 23 heavy (non-hydrogen) atoms. The molecule has 0 spiro atoms. The second-order valence-electron chi connectivity index (χ2n) is 5.86. The lowest BCUT2D eigenvalue weighted by Gasteiger charge is -2.37. The highest BCUT2D eigenvalue weighted by molar-refractivity contribution is 5.80. The predicted octanol–water partition coefficient (Wildman–Crippen LogP) is 1.59. The van der Waals surface area contributed by atoms with Crippen molar-refractivity contribution < 1.29 is 0 Å². The van der Waals surface area contributed by atoms with Gasteiger partial charge in [-0.1, -0.05) is 18.2 Å². The molecule has 1 fully saturated rings. The number of rotatable bonds is 2. The van der Waals surface area contributed by atoms with E-state index in [1.165, 1.54) is 5.69 Å². The van der Waals surface area contributed by atoms with Crippen LogP contribution in [0.25, 0.3) is 10.9 Å². The molecular weight excluding hydrogens is 290 g/mol. The normalized spacial score (nSPS) is 15.3. The highest BCUT2D eigenvalue weighted by Gasteiger charge is 2.19. The molecule has 2 aromatic heterocycles. The number of para-hydroxylation sites is 1. The first kappa shape index (κ1) is 13.9. The molecule has 0 amide bonds. The molecular formula is C17H19N5O. The largest absolute Gasteiger partial charge is 0.368 e. The molecule has 4 rings (SSSR count). The maximum absolute atomic E-state index is 12.2. The number of piperazine rings is 1. The number of fused-ring (bicyclic) bond motifs is 1. The molecule has 0 saturated carbocycles. The standard InChI is InChI=1S/C17H19N5O/c1-20-15-11-16(19-17(23)14(15)12-18-20)22-9-7-21(8-10-22)13-5-3-2-4-6-13/h2-6,11-12H,7-10H2,1H3,(H,19,23). The fraction of sp³-hybridized carbons (Fsp3) is 0.294. The quantitative estimate of drug-likeness (QED) is 0.781. The first-order chi connectivity index (χ1) is 11.2. The number of hydrogen-bond acceptors (Lipinski definition) is 4. The van der Waals surface area contributed by atoms with Gasteiger partial charge in [0.05, 0.1) is 17.1 Å². The average Bonchev–Trinajstić information content (AvgIpc) is 2.98. The topological polar surface area (TPSA) is 57.2 Å². The van der Waals surface area contributed by atoms with Crippen molar-refractivity contribution >= 4 is 22.4 Å². The van der Waals surface area contributed by atoms with E-state index in [0.29, 0.717) is 5.39 Å². The zero-order valence-corrected chi connectivity index (χ0v) is 13.1. The summed E-state index contributed by atoms with van der Waals surface area (Å²) < 4.78 is 1.74. The van der Waals surface area contributed by atoms with E-state index in [1.54, 1.807) is 10.9 Å². The second-order valence-corrected chi connectivity index (χ2v) is 5.86. The summed E-state index contributed by atoms with van der Waals surface area (Å²) >= 11 is 0. The Bertz CT molecular complexity index is 875. The smallest absolute Gasteiger partial charge is 0.260 e. The molecule has 1 saturated heterocycles. The van der Waals surface area contributed by atoms with Gasteiger partial charge in [-0.2, -0.15) is 5.10 Å². The maximum atomic E-state index is 12.2. The number of aromatic nitrogens is 3. The molecule has 0 aliphatic carbocycles. The van der Waals surface area contributed by atoms with Gasteiger partial charge in [-0.15, -0.1) is 0 Å². The number of nitrogens with zero attached hydrogens (tertiary/aromatic N) is 4. The highest BCUT2D eigenvalue weighted by atomic mass is 16.1. The molecule has 1 aromatic carbocycles. The number of anilines is 2. The Labute approximate surface area is 133 Å². The lowest BCUT2D eigenvalue weighted by atomic mass is 10.2. The SMILES string of the molecule is Cn1ncc2c(=O)[nH]c(N3CCN(c4ccccc4)CC3)cc21. The van der Waals surface area contributed by atoms with E-state index in [0.717, 1.165) is 37.5 Å². The minimum atomic E-state index is -0.0731. The number of H-pyrrole nitrogens is 1. The number of hydrogen-bond donors (Lipinski definition) is 1. The number of aryl methyl sites for hydroxylation is 1. The van der Waals surface area contributed by atoms with Crippen LogP contribution in [0.3, 0.4) is 0 Å². The van der Waals surface area contributed by atoms with Crippen LogP contribution in [0.15, 0.2) is 47.4 Å². The lowest BCUT2D eigenvalue weighted by molar-refractivity contribution is 0.647. The summed E-state index contributed by atoms with van der Waals surface area (Å²) in [6.45, 7) is 3.65. The van der Waals surface area contributed by atoms with Crippen LogP contribution in [0.5, 0.6) is 0 Å². The van der Waals surface area contributed by atoms with E-state index in [-0.39, 0.29) is 5.56 Å². The van der Waals surface area contributed by atoms with Gasteiger partial charge in [-0.25, -0.2) is 0 Å². The number of pyridine rings is 1. The van der Waals surface area contributed by atoms with Gasteiger partial charge in [0.15, 0.2) is 0 Å². The third kappa shape index (κ3) is 2.46. The van der Waals surface area contributed by atoms with E-state index in [9.17, 15) is 4.79 Å². The minimum Gasteiger partial charge on any atom is -0.368 e. The Balaban J connectivity index is 1.57.